The van der Waals surface area contributed by atoms with E-state index in [4.69, 9.17) is 0 Å². The highest BCUT2D eigenvalue weighted by Crippen LogP contribution is 2.39. The Morgan fingerprint density at radius 2 is 1.70 bits per heavy atom. The lowest BCUT2D eigenvalue weighted by Crippen LogP contribution is -2.22. The Kier molecular flexibility index (Phi) is 4.65. The lowest BCUT2D eigenvalue weighted by molar-refractivity contribution is -0.393. The second kappa shape index (κ2) is 7.18. The van der Waals surface area contributed by atoms with Gasteiger partial charge >= 0.3 is 0 Å². The summed E-state index contributed by atoms with van der Waals surface area (Å²) in [7, 11) is 1.37. The molecule has 2 aromatic carbocycles. The van der Waals surface area contributed by atoms with Crippen LogP contribution in [-0.4, -0.2) is 20.2 Å². The fourth-order valence-electron chi connectivity index (χ4n) is 4.23. The molecule has 0 N–H and O–H groups in total. The van der Waals surface area contributed by atoms with Gasteiger partial charge in [-0.1, -0.05) is 24.3 Å². The Bertz CT molecular complexity index is 1290. The summed E-state index contributed by atoms with van der Waals surface area (Å²) >= 11 is 0. The van der Waals surface area contributed by atoms with E-state index in [2.05, 4.69) is 0 Å². The molecule has 1 atom stereocenters. The third kappa shape index (κ3) is 3.04. The van der Waals surface area contributed by atoms with E-state index in [0.29, 0.717) is 12.8 Å². The van der Waals surface area contributed by atoms with Crippen LogP contribution in [-0.2, 0) is 18.3 Å². The van der Waals surface area contributed by atoms with Gasteiger partial charge in [0.15, 0.2) is 0 Å². The minimum absolute atomic E-state index is 0.0392. The highest BCUT2D eigenvalue weighted by Gasteiger charge is 2.32. The molecule has 1 aliphatic carbocycles. The highest BCUT2D eigenvalue weighted by atomic mass is 16.6. The van der Waals surface area contributed by atoms with Crippen molar-refractivity contribution >= 4 is 28.1 Å². The molecule has 30 heavy (non-hydrogen) atoms. The van der Waals surface area contributed by atoms with Gasteiger partial charge in [0.25, 0.3) is 16.9 Å². The van der Waals surface area contributed by atoms with Crippen LogP contribution in [0.25, 0.3) is 10.9 Å². The van der Waals surface area contributed by atoms with Crippen molar-refractivity contribution in [1.82, 2.24) is 4.57 Å². The van der Waals surface area contributed by atoms with Crippen molar-refractivity contribution in [2.24, 2.45) is 7.05 Å². The average molecular weight is 407 g/mol. The second-order valence-electron chi connectivity index (χ2n) is 7.32. The molecule has 1 heterocycles. The molecule has 0 radical (unpaired) electrons. The van der Waals surface area contributed by atoms with Crippen LogP contribution in [0.5, 0.6) is 0 Å². The largest absolute Gasteiger partial charge is 0.305 e. The number of nitro groups is 2. The second-order valence-corrected chi connectivity index (χ2v) is 7.32. The number of benzene rings is 2. The minimum atomic E-state index is -0.818. The van der Waals surface area contributed by atoms with Gasteiger partial charge in [0, 0.05) is 31.0 Å². The van der Waals surface area contributed by atoms with Crippen LogP contribution in [0.3, 0.4) is 0 Å². The van der Waals surface area contributed by atoms with Crippen molar-refractivity contribution in [3.63, 3.8) is 0 Å². The third-order valence-electron chi connectivity index (χ3n) is 5.61. The van der Waals surface area contributed by atoms with Gasteiger partial charge in [-0.25, -0.2) is 0 Å². The number of nitro benzene ring substituents is 2. The smallest absolute Gasteiger partial charge is 0.300 e. The summed E-state index contributed by atoms with van der Waals surface area (Å²) in [5.41, 5.74) is 0.371. The van der Waals surface area contributed by atoms with Gasteiger partial charge in [0.1, 0.15) is 11.3 Å². The van der Waals surface area contributed by atoms with E-state index in [1.54, 1.807) is 12.1 Å². The molecule has 0 bridgehead atoms. The molecular weight excluding hydrogens is 390 g/mol. The van der Waals surface area contributed by atoms with E-state index < -0.39 is 32.7 Å². The first kappa shape index (κ1) is 19.4. The molecule has 0 saturated carbocycles. The number of fused-ring (bicyclic) bond motifs is 2. The van der Waals surface area contributed by atoms with E-state index in [1.807, 2.05) is 12.1 Å². The predicted molar refractivity (Wildman–Crippen MR) is 109 cm³/mol. The summed E-state index contributed by atoms with van der Waals surface area (Å²) in [6.45, 7) is 0. The zero-order chi connectivity index (χ0) is 21.6. The SMILES string of the molecule is Cn1c(=O)cc(C2C(=O)CCCc3ccccc32)c2cc([N+](=O)[O-])cc([N+](=O)[O-])c21. The van der Waals surface area contributed by atoms with Crippen molar-refractivity contribution in [1.29, 1.82) is 0 Å². The molecular formula is C21H17N3O6. The van der Waals surface area contributed by atoms with Gasteiger partial charge in [-0.15, -0.1) is 0 Å². The average Bonchev–Trinajstić information content (AvgIpc) is 2.87. The molecule has 0 aliphatic heterocycles. The summed E-state index contributed by atoms with van der Waals surface area (Å²) < 4.78 is 1.09. The number of Topliss-reactive ketones (excluding diaryl/α,β-unsaturated/α-hetero) is 1. The third-order valence-corrected chi connectivity index (χ3v) is 5.61. The summed E-state index contributed by atoms with van der Waals surface area (Å²) in [6, 6.07) is 10.7. The first-order valence-corrected chi connectivity index (χ1v) is 9.36. The minimum Gasteiger partial charge on any atom is -0.305 e. The molecule has 9 nitrogen and oxygen atoms in total. The van der Waals surface area contributed by atoms with E-state index in [0.717, 1.165) is 21.8 Å². The molecule has 152 valence electrons. The van der Waals surface area contributed by atoms with Gasteiger partial charge in [-0.3, -0.25) is 29.8 Å². The Labute approximate surface area is 169 Å². The lowest BCUT2D eigenvalue weighted by Gasteiger charge is -2.20. The van der Waals surface area contributed by atoms with Gasteiger partial charge in [-0.2, -0.15) is 0 Å². The molecule has 0 fully saturated rings. The van der Waals surface area contributed by atoms with Crippen LogP contribution in [0, 0.1) is 20.2 Å². The number of rotatable bonds is 3. The molecule has 0 amide bonds. The predicted octanol–water partition coefficient (Wildman–Crippen LogP) is 3.39. The Morgan fingerprint density at radius 1 is 0.967 bits per heavy atom. The van der Waals surface area contributed by atoms with Crippen molar-refractivity contribution < 1.29 is 14.6 Å². The number of hydrogen-bond acceptors (Lipinski definition) is 6. The normalized spacial score (nSPS) is 16.2. The van der Waals surface area contributed by atoms with Crippen LogP contribution < -0.4 is 5.56 Å². The van der Waals surface area contributed by atoms with Crippen LogP contribution in [0.4, 0.5) is 11.4 Å². The first-order valence-electron chi connectivity index (χ1n) is 9.36. The Balaban J connectivity index is 2.15. The van der Waals surface area contributed by atoms with E-state index in [1.165, 1.54) is 19.2 Å². The number of aryl methyl sites for hydroxylation is 2. The van der Waals surface area contributed by atoms with E-state index in [-0.39, 0.29) is 28.7 Å². The summed E-state index contributed by atoms with van der Waals surface area (Å²) in [5, 5.41) is 23.2. The molecule has 1 aromatic heterocycles. The fourth-order valence-corrected chi connectivity index (χ4v) is 4.23. The monoisotopic (exact) mass is 407 g/mol. The number of aromatic nitrogens is 1. The van der Waals surface area contributed by atoms with Crippen molar-refractivity contribution in [3.8, 4) is 0 Å². The van der Waals surface area contributed by atoms with Crippen molar-refractivity contribution in [3.05, 3.63) is 89.7 Å². The molecule has 1 aliphatic rings. The van der Waals surface area contributed by atoms with Crippen molar-refractivity contribution in [2.75, 3.05) is 0 Å². The quantitative estimate of drug-likeness (QED) is 0.372. The van der Waals surface area contributed by atoms with Crippen molar-refractivity contribution in [2.45, 2.75) is 25.2 Å². The summed E-state index contributed by atoms with van der Waals surface area (Å²) in [4.78, 5) is 47.4. The standard InChI is InChI=1S/C21H17N3O6/c1-22-19(26)11-15(16-9-13(23(27)28)10-17(21(16)22)24(29)30)20-14-7-3-2-5-12(14)6-4-8-18(20)25/h2-3,5,7,9-11,20H,4,6,8H2,1H3. The number of carbonyl (C=O) groups is 1. The first-order chi connectivity index (χ1) is 14.3. The van der Waals surface area contributed by atoms with Gasteiger partial charge in [0.2, 0.25) is 0 Å². The molecule has 0 saturated heterocycles. The van der Waals surface area contributed by atoms with E-state index >= 15 is 0 Å². The lowest BCUT2D eigenvalue weighted by atomic mass is 9.84. The summed E-state index contributed by atoms with van der Waals surface area (Å²) in [5.74, 6) is -0.939. The number of hydrogen-bond donors (Lipinski definition) is 0. The number of carbonyl (C=O) groups excluding carboxylic acids is 1. The van der Waals surface area contributed by atoms with Gasteiger partial charge in [-0.05, 0) is 29.5 Å². The highest BCUT2D eigenvalue weighted by molar-refractivity contribution is 5.99. The van der Waals surface area contributed by atoms with Gasteiger partial charge < -0.3 is 4.57 Å². The number of pyridine rings is 1. The van der Waals surface area contributed by atoms with Gasteiger partial charge in [0.05, 0.1) is 21.8 Å². The maximum atomic E-state index is 13.1. The number of non-ortho nitro benzene ring substituents is 2. The number of ketones is 1. The van der Waals surface area contributed by atoms with Crippen LogP contribution >= 0.6 is 0 Å². The molecule has 0 spiro atoms. The Hall–Kier alpha value is -3.88. The topological polar surface area (TPSA) is 125 Å². The molecule has 9 heteroatoms. The van der Waals surface area contributed by atoms with Crippen LogP contribution in [0.15, 0.2) is 47.3 Å². The maximum absolute atomic E-state index is 13.1. The zero-order valence-corrected chi connectivity index (χ0v) is 16.0. The molecule has 4 rings (SSSR count). The molecule has 3 aromatic rings. The van der Waals surface area contributed by atoms with Crippen LogP contribution in [0.2, 0.25) is 0 Å². The summed E-state index contributed by atoms with van der Waals surface area (Å²) in [6.07, 6.45) is 1.63. The van der Waals surface area contributed by atoms with Crippen LogP contribution in [0.1, 0.15) is 35.4 Å². The Morgan fingerprint density at radius 3 is 2.40 bits per heavy atom. The number of nitrogens with zero attached hydrogens (tertiary/aromatic N) is 3. The maximum Gasteiger partial charge on any atom is 0.300 e. The fraction of sp³-hybridized carbons (Fsp3) is 0.238. The van der Waals surface area contributed by atoms with E-state index in [9.17, 15) is 29.8 Å². The molecule has 1 unspecified atom stereocenters. The zero-order valence-electron chi connectivity index (χ0n) is 16.0.